The molecular formula is C41H48N4P2. The molecule has 9 aliphatic rings. The van der Waals surface area contributed by atoms with Gasteiger partial charge in [0.2, 0.25) is 0 Å². The molecule has 0 saturated heterocycles. The van der Waals surface area contributed by atoms with Crippen molar-refractivity contribution in [2.75, 3.05) is 6.16 Å². The Morgan fingerprint density at radius 3 is 1.49 bits per heavy atom. The molecule has 4 nitrogen and oxygen atoms in total. The summed E-state index contributed by atoms with van der Waals surface area (Å²) in [5.74, 6) is 9.71. The van der Waals surface area contributed by atoms with Crippen molar-refractivity contribution in [2.45, 2.75) is 80.7 Å². The van der Waals surface area contributed by atoms with E-state index in [0.29, 0.717) is 0 Å². The van der Waals surface area contributed by atoms with Crippen molar-refractivity contribution >= 4 is 22.7 Å². The second-order valence-electron chi connectivity index (χ2n) is 16.7. The average Bonchev–Trinajstić information content (AvgIpc) is 3.52. The summed E-state index contributed by atoms with van der Waals surface area (Å²) in [6, 6.07) is 14.9. The van der Waals surface area contributed by atoms with E-state index in [1.165, 1.54) is 81.5 Å². The lowest BCUT2D eigenvalue weighted by molar-refractivity contribution is 0.0131. The molecule has 47 heavy (non-hydrogen) atoms. The predicted octanol–water partition coefficient (Wildman–Crippen LogP) is 9.16. The lowest BCUT2D eigenvalue weighted by Crippen LogP contribution is -2.53. The van der Waals surface area contributed by atoms with Gasteiger partial charge in [-0.2, -0.15) is 0 Å². The van der Waals surface area contributed by atoms with Crippen LogP contribution in [0.1, 0.15) is 81.4 Å². The molecule has 2 atom stereocenters. The molecule has 2 unspecified atom stereocenters. The highest BCUT2D eigenvalue weighted by Gasteiger charge is 2.57. The second kappa shape index (κ2) is 11.7. The zero-order chi connectivity index (χ0) is 31.1. The monoisotopic (exact) mass is 658 g/mol. The Balaban J connectivity index is 1.10. The van der Waals surface area contributed by atoms with Gasteiger partial charge in [0.25, 0.3) is 0 Å². The predicted molar refractivity (Wildman–Crippen MR) is 194 cm³/mol. The van der Waals surface area contributed by atoms with Crippen molar-refractivity contribution in [3.05, 3.63) is 102 Å². The Labute approximate surface area is 284 Å². The van der Waals surface area contributed by atoms with Gasteiger partial charge < -0.3 is 0 Å². The molecule has 8 saturated carbocycles. The van der Waals surface area contributed by atoms with Crippen LogP contribution in [0.5, 0.6) is 0 Å². The van der Waals surface area contributed by atoms with Crippen LogP contribution in [-0.2, 0) is 5.16 Å². The highest BCUT2D eigenvalue weighted by molar-refractivity contribution is 7.59. The number of hydrogen-bond donors (Lipinski definition) is 0. The van der Waals surface area contributed by atoms with Crippen molar-refractivity contribution < 1.29 is 0 Å². The topological polar surface area (TPSA) is 51.6 Å². The van der Waals surface area contributed by atoms with E-state index >= 15 is 0 Å². The quantitative estimate of drug-likeness (QED) is 0.227. The van der Waals surface area contributed by atoms with Crippen LogP contribution in [0.2, 0.25) is 0 Å². The molecule has 0 radical (unpaired) electrons. The Morgan fingerprint density at radius 2 is 1.04 bits per heavy atom. The molecule has 0 N–H and O–H groups in total. The van der Waals surface area contributed by atoms with Gasteiger partial charge in [-0.3, -0.25) is 0 Å². The van der Waals surface area contributed by atoms with Gasteiger partial charge in [0.15, 0.2) is 0 Å². The average molecular weight is 659 g/mol. The first-order chi connectivity index (χ1) is 23.1. The van der Waals surface area contributed by atoms with Crippen LogP contribution >= 0.6 is 17.2 Å². The molecule has 12 rings (SSSR count). The Bertz CT molecular complexity index is 1540. The Hall–Kier alpha value is -2.28. The third-order valence-corrected chi connectivity index (χ3v) is 18.9. The summed E-state index contributed by atoms with van der Waals surface area (Å²) in [4.78, 5) is 19.7. The fraction of sp³-hybridized carbons (Fsp3) is 0.561. The van der Waals surface area contributed by atoms with Crippen LogP contribution in [0, 0.1) is 53.3 Å². The van der Waals surface area contributed by atoms with E-state index in [1.54, 1.807) is 5.57 Å². The van der Waals surface area contributed by atoms with Gasteiger partial charge in [-0.1, -0.05) is 56.0 Å². The maximum Gasteiger partial charge on any atom is 0.146 e. The number of allylic oxidation sites excluding steroid dienone is 4. The minimum Gasteiger partial charge on any atom is -0.240 e. The van der Waals surface area contributed by atoms with Crippen LogP contribution < -0.4 is 0 Å². The molecule has 0 amide bonds. The maximum absolute atomic E-state index is 4.92. The first kappa shape index (κ1) is 29.6. The van der Waals surface area contributed by atoms with E-state index in [1.807, 2.05) is 36.9 Å². The summed E-state index contributed by atoms with van der Waals surface area (Å²) in [5, 5.41) is -0.639. The van der Waals surface area contributed by atoms with Crippen LogP contribution in [0.15, 0.2) is 85.0 Å². The first-order valence-electron chi connectivity index (χ1n) is 18.7. The number of rotatable bonds is 8. The molecule has 3 aromatic rings. The summed E-state index contributed by atoms with van der Waals surface area (Å²) in [6.45, 7) is 0. The van der Waals surface area contributed by atoms with Crippen molar-refractivity contribution in [1.82, 2.24) is 19.9 Å². The minimum atomic E-state index is -0.639. The molecular weight excluding hydrogens is 610 g/mol. The molecule has 2 aromatic heterocycles. The smallest absolute Gasteiger partial charge is 0.146 e. The summed E-state index contributed by atoms with van der Waals surface area (Å²) in [5.41, 5.74) is 6.16. The van der Waals surface area contributed by atoms with Crippen molar-refractivity contribution in [1.29, 1.82) is 0 Å². The molecule has 6 heteroatoms. The molecule has 242 valence electrons. The van der Waals surface area contributed by atoms with E-state index in [2.05, 4.69) is 51.7 Å². The van der Waals surface area contributed by atoms with Crippen LogP contribution in [0.25, 0.3) is 5.57 Å². The van der Waals surface area contributed by atoms with Gasteiger partial charge >= 0.3 is 0 Å². The minimum absolute atomic E-state index is 0.0890. The molecule has 8 fully saturated rings. The highest BCUT2D eigenvalue weighted by atomic mass is 31.1. The van der Waals surface area contributed by atoms with Crippen molar-refractivity contribution in [3.8, 4) is 0 Å². The number of hydrogen-bond acceptors (Lipinski definition) is 4. The van der Waals surface area contributed by atoms with Gasteiger partial charge in [-0.05, 0) is 152 Å². The highest BCUT2D eigenvalue weighted by Crippen LogP contribution is 2.72. The molecule has 9 aliphatic carbocycles. The van der Waals surface area contributed by atoms with Gasteiger partial charge in [0.1, 0.15) is 16.8 Å². The Kier molecular flexibility index (Phi) is 7.35. The molecule has 2 heterocycles. The summed E-state index contributed by atoms with van der Waals surface area (Å²) in [6.07, 6.45) is 29.3. The fourth-order valence-corrected chi connectivity index (χ4v) is 18.2. The third kappa shape index (κ3) is 4.97. The van der Waals surface area contributed by atoms with E-state index in [9.17, 15) is 0 Å². The largest absolute Gasteiger partial charge is 0.240 e. The normalized spacial score (nSPS) is 38.8. The van der Waals surface area contributed by atoms with Crippen molar-refractivity contribution in [3.63, 3.8) is 0 Å². The van der Waals surface area contributed by atoms with Crippen LogP contribution in [0.3, 0.4) is 0 Å². The Morgan fingerprint density at radius 1 is 0.596 bits per heavy atom. The zero-order valence-electron chi connectivity index (χ0n) is 27.4. The fourth-order valence-electron chi connectivity index (χ4n) is 12.9. The number of benzene rings is 1. The lowest BCUT2D eigenvalue weighted by atomic mass is 9.55. The number of aromatic nitrogens is 4. The summed E-state index contributed by atoms with van der Waals surface area (Å²) >= 11 is 0. The van der Waals surface area contributed by atoms with Gasteiger partial charge in [-0.15, -0.1) is 9.24 Å². The van der Waals surface area contributed by atoms with Gasteiger partial charge in [0, 0.05) is 30.7 Å². The van der Waals surface area contributed by atoms with E-state index in [0.717, 1.165) is 70.3 Å². The molecule has 0 spiro atoms. The van der Waals surface area contributed by atoms with E-state index < -0.39 is 5.16 Å². The zero-order valence-corrected chi connectivity index (χ0v) is 29.5. The van der Waals surface area contributed by atoms with Gasteiger partial charge in [0.05, 0.1) is 0 Å². The summed E-state index contributed by atoms with van der Waals surface area (Å²) < 4.78 is 0. The van der Waals surface area contributed by atoms with Gasteiger partial charge in [-0.25, -0.2) is 19.9 Å². The van der Waals surface area contributed by atoms with Crippen LogP contribution in [-0.4, -0.2) is 37.4 Å². The SMILES string of the molecule is PC(c1ncccn1)(c1ncccn1)C1C=C(c2ccccc2)C=C1CP(C1C2CC3CC(C2)CC1C3)C1C2CC3CC(C2)CC1C3. The second-order valence-corrected chi connectivity index (χ2v) is 20.2. The lowest BCUT2D eigenvalue weighted by Gasteiger charge is -2.62. The molecule has 0 aliphatic heterocycles. The third-order valence-electron chi connectivity index (χ3n) is 14.0. The van der Waals surface area contributed by atoms with E-state index in [-0.39, 0.29) is 13.8 Å². The van der Waals surface area contributed by atoms with Crippen molar-refractivity contribution in [2.24, 2.45) is 53.3 Å². The molecule has 1 aromatic carbocycles. The summed E-state index contributed by atoms with van der Waals surface area (Å²) in [7, 11) is 3.06. The number of nitrogens with zero attached hydrogens (tertiary/aromatic N) is 4. The standard InChI is InChI=1S/C41H48N4P2/c46-41(39-42-8-4-9-43-39,40-44-10-5-11-45-40)36-23-30(29-6-2-1-3-7-29)22-35(36)24-47(37-31-14-25-12-26(16-31)17-32(37)15-25)38-33-18-27-13-28(20-33)21-34(38)19-27/h1-11,22-23,25-28,31-34,36-38H,12-21,24,46H2. The van der Waals surface area contributed by atoms with Crippen LogP contribution in [0.4, 0.5) is 0 Å². The first-order valence-corrected chi connectivity index (χ1v) is 20.9. The van der Waals surface area contributed by atoms with E-state index in [4.69, 9.17) is 19.9 Å². The molecule has 8 bridgehead atoms. The maximum atomic E-state index is 4.92.